The first kappa shape index (κ1) is 19.0. The van der Waals surface area contributed by atoms with Gasteiger partial charge in [0.25, 0.3) is 0 Å². The lowest BCUT2D eigenvalue weighted by molar-refractivity contribution is -0.129. The molecule has 2 fully saturated rings. The molecule has 0 bridgehead atoms. The Balaban J connectivity index is 1.49. The van der Waals surface area contributed by atoms with Crippen LogP contribution in [0, 0.1) is 5.92 Å². The molecule has 1 aliphatic carbocycles. The summed E-state index contributed by atoms with van der Waals surface area (Å²) in [5.41, 5.74) is 2.26. The number of rotatable bonds is 8. The highest BCUT2D eigenvalue weighted by molar-refractivity contribution is 5.79. The minimum absolute atomic E-state index is 0.366. The molecular weight excluding hydrogens is 324 g/mol. The lowest BCUT2D eigenvalue weighted by atomic mass is 10.1. The molecular formula is C22H32N2O2. The summed E-state index contributed by atoms with van der Waals surface area (Å²) >= 11 is 0. The fraction of sp³-hybridized carbons (Fsp3) is 0.591. The van der Waals surface area contributed by atoms with Crippen molar-refractivity contribution in [2.24, 2.45) is 5.92 Å². The Hall–Kier alpha value is -1.81. The number of nitrogens with zero attached hydrogens (tertiary/aromatic N) is 2. The molecule has 3 rings (SSSR count). The van der Waals surface area contributed by atoms with Crippen molar-refractivity contribution in [3.63, 3.8) is 0 Å². The predicted octanol–water partition coefficient (Wildman–Crippen LogP) is 3.86. The number of hydrogen-bond acceptors (Lipinski definition) is 3. The molecule has 142 valence electrons. The van der Waals surface area contributed by atoms with E-state index in [1.54, 1.807) is 0 Å². The van der Waals surface area contributed by atoms with Gasteiger partial charge in [-0.1, -0.05) is 31.6 Å². The largest absolute Gasteiger partial charge is 0.489 e. The van der Waals surface area contributed by atoms with E-state index in [1.165, 1.54) is 31.2 Å². The van der Waals surface area contributed by atoms with E-state index in [4.69, 9.17) is 4.74 Å². The average Bonchev–Trinajstić information content (AvgIpc) is 3.22. The van der Waals surface area contributed by atoms with E-state index < -0.39 is 0 Å². The summed E-state index contributed by atoms with van der Waals surface area (Å²) in [6.45, 7) is 9.18. The van der Waals surface area contributed by atoms with Gasteiger partial charge in [0.15, 0.2) is 0 Å². The number of hydrogen-bond donors (Lipinski definition) is 0. The standard InChI is InChI=1S/C22H32N2O2/c1-17(2)16-26-21-10-6-7-18(11-21)13-23(3)14-19-12-22(25)24(15-19)20-8-4-5-9-20/h6-7,10-11,19-20H,1,4-5,8-9,12-16H2,2-3H3/t19-/m0/s1. The molecule has 0 unspecified atom stereocenters. The maximum atomic E-state index is 12.4. The van der Waals surface area contributed by atoms with Crippen LogP contribution >= 0.6 is 0 Å². The highest BCUT2D eigenvalue weighted by Crippen LogP contribution is 2.29. The molecule has 4 heteroatoms. The van der Waals surface area contributed by atoms with Crippen LogP contribution in [0.25, 0.3) is 0 Å². The Labute approximate surface area is 157 Å². The van der Waals surface area contributed by atoms with Crippen LogP contribution in [-0.2, 0) is 11.3 Å². The van der Waals surface area contributed by atoms with Gasteiger partial charge in [-0.2, -0.15) is 0 Å². The Kier molecular flexibility index (Phi) is 6.36. The fourth-order valence-corrected chi connectivity index (χ4v) is 4.26. The van der Waals surface area contributed by atoms with Crippen molar-refractivity contribution in [3.05, 3.63) is 42.0 Å². The highest BCUT2D eigenvalue weighted by atomic mass is 16.5. The van der Waals surface area contributed by atoms with E-state index in [2.05, 4.69) is 35.6 Å². The second-order valence-corrected chi connectivity index (χ2v) is 8.14. The number of carbonyl (C=O) groups is 1. The Morgan fingerprint density at radius 2 is 2.12 bits per heavy atom. The molecule has 4 nitrogen and oxygen atoms in total. The molecule has 1 aliphatic heterocycles. The lowest BCUT2D eigenvalue weighted by Gasteiger charge is -2.25. The Bertz CT molecular complexity index is 637. The van der Waals surface area contributed by atoms with E-state index in [0.717, 1.165) is 31.0 Å². The van der Waals surface area contributed by atoms with E-state index in [9.17, 15) is 4.79 Å². The number of ether oxygens (including phenoxy) is 1. The van der Waals surface area contributed by atoms with Gasteiger partial charge in [-0.15, -0.1) is 0 Å². The monoisotopic (exact) mass is 356 g/mol. The van der Waals surface area contributed by atoms with Crippen molar-refractivity contribution in [3.8, 4) is 5.75 Å². The smallest absolute Gasteiger partial charge is 0.223 e. The highest BCUT2D eigenvalue weighted by Gasteiger charge is 2.35. The summed E-state index contributed by atoms with van der Waals surface area (Å²) in [7, 11) is 2.14. The molecule has 1 heterocycles. The zero-order valence-corrected chi connectivity index (χ0v) is 16.2. The van der Waals surface area contributed by atoms with E-state index in [1.807, 2.05) is 19.1 Å². The maximum absolute atomic E-state index is 12.4. The van der Waals surface area contributed by atoms with Crippen molar-refractivity contribution in [1.29, 1.82) is 0 Å². The van der Waals surface area contributed by atoms with E-state index in [0.29, 0.717) is 30.9 Å². The summed E-state index contributed by atoms with van der Waals surface area (Å²) < 4.78 is 5.74. The van der Waals surface area contributed by atoms with Crippen LogP contribution in [0.1, 0.15) is 44.6 Å². The van der Waals surface area contributed by atoms with Crippen molar-refractivity contribution in [2.45, 2.75) is 51.6 Å². The van der Waals surface area contributed by atoms with Gasteiger partial charge >= 0.3 is 0 Å². The molecule has 1 aromatic rings. The number of carbonyl (C=O) groups excluding carboxylic acids is 1. The van der Waals surface area contributed by atoms with Crippen molar-refractivity contribution in [1.82, 2.24) is 9.80 Å². The summed E-state index contributed by atoms with van der Waals surface area (Å²) in [5, 5.41) is 0. The summed E-state index contributed by atoms with van der Waals surface area (Å²) in [4.78, 5) is 16.9. The molecule has 0 N–H and O–H groups in total. The molecule has 1 saturated carbocycles. The lowest BCUT2D eigenvalue weighted by Crippen LogP contribution is -2.35. The maximum Gasteiger partial charge on any atom is 0.223 e. The van der Waals surface area contributed by atoms with Crippen LogP contribution in [0.3, 0.4) is 0 Å². The van der Waals surface area contributed by atoms with Crippen LogP contribution in [0.5, 0.6) is 5.75 Å². The van der Waals surface area contributed by atoms with Crippen molar-refractivity contribution < 1.29 is 9.53 Å². The SMILES string of the molecule is C=C(C)COc1cccc(CN(C)C[C@@H]2CC(=O)N(C3CCCC3)C2)c1. The molecule has 26 heavy (non-hydrogen) atoms. The Morgan fingerprint density at radius 3 is 2.85 bits per heavy atom. The third-order valence-electron chi connectivity index (χ3n) is 5.41. The van der Waals surface area contributed by atoms with Gasteiger partial charge in [0, 0.05) is 32.1 Å². The number of likely N-dealkylation sites (tertiary alicyclic amines) is 1. The second kappa shape index (κ2) is 8.72. The minimum atomic E-state index is 0.366. The molecule has 1 atom stereocenters. The molecule has 0 spiro atoms. The average molecular weight is 357 g/mol. The minimum Gasteiger partial charge on any atom is -0.489 e. The van der Waals surface area contributed by atoms with Gasteiger partial charge < -0.3 is 14.5 Å². The zero-order chi connectivity index (χ0) is 18.5. The first-order valence-electron chi connectivity index (χ1n) is 9.85. The van der Waals surface area contributed by atoms with Gasteiger partial charge in [-0.3, -0.25) is 4.79 Å². The van der Waals surface area contributed by atoms with Gasteiger partial charge in [0.1, 0.15) is 12.4 Å². The van der Waals surface area contributed by atoms with Crippen molar-refractivity contribution in [2.75, 3.05) is 26.7 Å². The summed E-state index contributed by atoms with van der Waals surface area (Å²) in [6.07, 6.45) is 5.67. The molecule has 1 aromatic carbocycles. The summed E-state index contributed by atoms with van der Waals surface area (Å²) in [6, 6.07) is 8.78. The first-order valence-corrected chi connectivity index (χ1v) is 9.85. The molecule has 0 aromatic heterocycles. The van der Waals surface area contributed by atoms with Gasteiger partial charge in [0.05, 0.1) is 0 Å². The fourth-order valence-electron chi connectivity index (χ4n) is 4.26. The summed E-state index contributed by atoms with van der Waals surface area (Å²) in [5.74, 6) is 1.71. The number of amides is 1. The Morgan fingerprint density at radius 1 is 1.35 bits per heavy atom. The van der Waals surface area contributed by atoms with Crippen LogP contribution < -0.4 is 4.74 Å². The molecule has 2 aliphatic rings. The van der Waals surface area contributed by atoms with Gasteiger partial charge in [-0.25, -0.2) is 0 Å². The van der Waals surface area contributed by atoms with Crippen molar-refractivity contribution >= 4 is 5.91 Å². The third kappa shape index (κ3) is 5.10. The molecule has 1 amide bonds. The number of benzene rings is 1. The quantitative estimate of drug-likeness (QED) is 0.663. The topological polar surface area (TPSA) is 32.8 Å². The van der Waals surface area contributed by atoms with E-state index in [-0.39, 0.29) is 0 Å². The van der Waals surface area contributed by atoms with Gasteiger partial charge in [0.2, 0.25) is 5.91 Å². The molecule has 1 saturated heterocycles. The normalized spacial score (nSPS) is 21.0. The van der Waals surface area contributed by atoms with Crippen LogP contribution in [-0.4, -0.2) is 48.5 Å². The third-order valence-corrected chi connectivity index (χ3v) is 5.41. The molecule has 0 radical (unpaired) electrons. The van der Waals surface area contributed by atoms with Gasteiger partial charge in [-0.05, 0) is 56.0 Å². The zero-order valence-electron chi connectivity index (χ0n) is 16.2. The van der Waals surface area contributed by atoms with E-state index >= 15 is 0 Å². The van der Waals surface area contributed by atoms with Crippen LogP contribution in [0.2, 0.25) is 0 Å². The van der Waals surface area contributed by atoms with Crippen LogP contribution in [0.15, 0.2) is 36.4 Å². The van der Waals surface area contributed by atoms with Crippen LogP contribution in [0.4, 0.5) is 0 Å². The predicted molar refractivity (Wildman–Crippen MR) is 105 cm³/mol. The second-order valence-electron chi connectivity index (χ2n) is 8.14. The first-order chi connectivity index (χ1) is 12.5.